The Morgan fingerprint density at radius 3 is 2.83 bits per heavy atom. The van der Waals surface area contributed by atoms with E-state index in [2.05, 4.69) is 4.98 Å². The van der Waals surface area contributed by atoms with Gasteiger partial charge in [0.15, 0.2) is 0 Å². The van der Waals surface area contributed by atoms with Crippen molar-refractivity contribution < 1.29 is 13.2 Å². The minimum absolute atomic E-state index is 0.0622. The zero-order chi connectivity index (χ0) is 16.7. The first kappa shape index (κ1) is 17.2. The van der Waals surface area contributed by atoms with Crippen LogP contribution in [0.3, 0.4) is 0 Å². The average molecular weight is 357 g/mol. The van der Waals surface area contributed by atoms with E-state index in [-0.39, 0.29) is 16.1 Å². The van der Waals surface area contributed by atoms with Gasteiger partial charge in [-0.25, -0.2) is 8.42 Å². The highest BCUT2D eigenvalue weighted by molar-refractivity contribution is 8.01. The number of rotatable bonds is 5. The zero-order valence-electron chi connectivity index (χ0n) is 13.9. The Labute approximate surface area is 142 Å². The van der Waals surface area contributed by atoms with Gasteiger partial charge in [-0.2, -0.15) is 4.31 Å². The van der Waals surface area contributed by atoms with Gasteiger partial charge in [0.25, 0.3) is 0 Å². The first-order chi connectivity index (χ1) is 10.8. The lowest BCUT2D eigenvalue weighted by atomic mass is 9.95. The molecule has 0 radical (unpaired) electrons. The molecule has 0 amide bonds. The molecule has 5 nitrogen and oxygen atoms in total. The second kappa shape index (κ2) is 6.35. The molecule has 2 fully saturated rings. The molecule has 2 saturated heterocycles. The molecule has 0 N–H and O–H groups in total. The van der Waals surface area contributed by atoms with Crippen molar-refractivity contribution in [2.45, 2.75) is 49.9 Å². The average Bonchev–Trinajstić information content (AvgIpc) is 2.88. The lowest BCUT2D eigenvalue weighted by Crippen LogP contribution is -2.61. The molecule has 7 heteroatoms. The Kier molecular flexibility index (Phi) is 4.75. The summed E-state index contributed by atoms with van der Waals surface area (Å²) < 4.78 is 32.0. The van der Waals surface area contributed by atoms with Crippen LogP contribution < -0.4 is 0 Å². The zero-order valence-corrected chi connectivity index (χ0v) is 15.5. The van der Waals surface area contributed by atoms with Crippen LogP contribution in [0.5, 0.6) is 0 Å². The summed E-state index contributed by atoms with van der Waals surface area (Å²) in [6, 6.07) is 5.94. The van der Waals surface area contributed by atoms with E-state index in [0.717, 1.165) is 23.6 Å². The molecule has 0 unspecified atom stereocenters. The summed E-state index contributed by atoms with van der Waals surface area (Å²) in [5, 5.41) is -0.342. The maximum atomic E-state index is 12.2. The number of hydrogen-bond donors (Lipinski definition) is 0. The number of ether oxygens (including phenoxy) is 1. The van der Waals surface area contributed by atoms with E-state index in [1.165, 1.54) is 0 Å². The Morgan fingerprint density at radius 1 is 1.43 bits per heavy atom. The molecule has 3 rings (SSSR count). The molecule has 1 aromatic rings. The second-order valence-corrected chi connectivity index (χ2v) is 10.7. The molecule has 2 aliphatic heterocycles. The molecule has 128 valence electrons. The van der Waals surface area contributed by atoms with Crippen molar-refractivity contribution in [1.29, 1.82) is 0 Å². The van der Waals surface area contributed by atoms with Gasteiger partial charge < -0.3 is 4.74 Å². The maximum absolute atomic E-state index is 12.2. The Morgan fingerprint density at radius 2 is 2.17 bits per heavy atom. The normalized spacial score (nSPS) is 24.3. The molecule has 23 heavy (non-hydrogen) atoms. The summed E-state index contributed by atoms with van der Waals surface area (Å²) >= 11 is 1.86. The molecule has 2 aliphatic rings. The minimum atomic E-state index is -3.11. The van der Waals surface area contributed by atoms with E-state index in [9.17, 15) is 8.42 Å². The van der Waals surface area contributed by atoms with E-state index < -0.39 is 10.0 Å². The lowest BCUT2D eigenvalue weighted by Gasteiger charge is -2.47. The summed E-state index contributed by atoms with van der Waals surface area (Å²) in [5.41, 5.74) is 1.95. The number of pyridine rings is 1. The number of hydrogen-bond acceptors (Lipinski definition) is 5. The van der Waals surface area contributed by atoms with Crippen molar-refractivity contribution in [3.63, 3.8) is 0 Å². The Balaban J connectivity index is 1.50. The first-order valence-corrected chi connectivity index (χ1v) is 10.5. The lowest BCUT2D eigenvalue weighted by molar-refractivity contribution is 0.0379. The topological polar surface area (TPSA) is 59.5 Å². The largest absolute Gasteiger partial charge is 0.371 e. The summed E-state index contributed by atoms with van der Waals surface area (Å²) in [6.07, 6.45) is 1.11. The predicted molar refractivity (Wildman–Crippen MR) is 93.0 cm³/mol. The highest BCUT2D eigenvalue weighted by atomic mass is 32.2. The molecule has 3 heterocycles. The van der Waals surface area contributed by atoms with Gasteiger partial charge in [0.2, 0.25) is 10.0 Å². The SMILES string of the molecule is Cc1cccc(CO[C@@H]2CSC3(C2)CN(S(=O)(=O)C(C)C)C3)n1. The standard InChI is InChI=1S/C16H24N2O3S2/c1-12(2)23(19,20)18-10-16(11-18)7-15(9-22-16)21-8-14-6-4-5-13(3)17-14/h4-6,12,15H,7-11H2,1-3H3/t15-/m0/s1. The fraction of sp³-hybridized carbons (Fsp3) is 0.688. The van der Waals surface area contributed by atoms with Crippen LogP contribution in [0.2, 0.25) is 0 Å². The first-order valence-electron chi connectivity index (χ1n) is 7.98. The molecule has 0 aromatic carbocycles. The minimum Gasteiger partial charge on any atom is -0.371 e. The van der Waals surface area contributed by atoms with Crippen LogP contribution in [0.4, 0.5) is 0 Å². The van der Waals surface area contributed by atoms with Crippen LogP contribution in [0.25, 0.3) is 0 Å². The van der Waals surface area contributed by atoms with Crippen molar-refractivity contribution in [1.82, 2.24) is 9.29 Å². The second-order valence-electron chi connectivity index (χ2n) is 6.76. The number of thioether (sulfide) groups is 1. The van der Waals surface area contributed by atoms with Crippen LogP contribution in [-0.4, -0.2) is 52.7 Å². The van der Waals surface area contributed by atoms with Gasteiger partial charge in [0.1, 0.15) is 0 Å². The van der Waals surface area contributed by atoms with Crippen LogP contribution in [0, 0.1) is 6.92 Å². The van der Waals surface area contributed by atoms with E-state index in [1.54, 1.807) is 18.2 Å². The maximum Gasteiger partial charge on any atom is 0.216 e. The molecule has 0 bridgehead atoms. The smallest absolute Gasteiger partial charge is 0.216 e. The van der Waals surface area contributed by atoms with Gasteiger partial charge in [0.05, 0.1) is 23.7 Å². The predicted octanol–water partition coefficient (Wildman–Crippen LogP) is 2.20. The molecule has 1 aromatic heterocycles. The van der Waals surface area contributed by atoms with Crippen molar-refractivity contribution >= 4 is 21.8 Å². The van der Waals surface area contributed by atoms with E-state index >= 15 is 0 Å². The van der Waals surface area contributed by atoms with Crippen molar-refractivity contribution in [3.05, 3.63) is 29.6 Å². The van der Waals surface area contributed by atoms with Crippen molar-refractivity contribution in [2.75, 3.05) is 18.8 Å². The molecule has 1 spiro atoms. The van der Waals surface area contributed by atoms with Crippen LogP contribution in [0.15, 0.2) is 18.2 Å². The highest BCUT2D eigenvalue weighted by Gasteiger charge is 2.53. The van der Waals surface area contributed by atoms with E-state index in [1.807, 2.05) is 36.9 Å². The fourth-order valence-corrected chi connectivity index (χ4v) is 6.25. The van der Waals surface area contributed by atoms with Gasteiger partial charge in [-0.05, 0) is 39.3 Å². The third kappa shape index (κ3) is 3.57. The molecular formula is C16H24N2O3S2. The van der Waals surface area contributed by atoms with Gasteiger partial charge in [-0.3, -0.25) is 4.98 Å². The van der Waals surface area contributed by atoms with Crippen LogP contribution in [-0.2, 0) is 21.4 Å². The number of nitrogens with zero attached hydrogens (tertiary/aromatic N) is 2. The third-order valence-corrected chi connectivity index (χ3v) is 8.22. The summed E-state index contributed by atoms with van der Waals surface area (Å²) in [5.74, 6) is 0.932. The van der Waals surface area contributed by atoms with Crippen molar-refractivity contribution in [2.24, 2.45) is 0 Å². The highest BCUT2D eigenvalue weighted by Crippen LogP contribution is 2.47. The summed E-state index contributed by atoms with van der Waals surface area (Å²) in [4.78, 5) is 4.45. The monoisotopic (exact) mass is 356 g/mol. The third-order valence-electron chi connectivity index (χ3n) is 4.47. The van der Waals surface area contributed by atoms with Crippen molar-refractivity contribution in [3.8, 4) is 0 Å². The van der Waals surface area contributed by atoms with Gasteiger partial charge in [0, 0.05) is 29.3 Å². The Bertz CT molecular complexity index is 670. The summed E-state index contributed by atoms with van der Waals surface area (Å²) in [6.45, 7) is 7.23. The summed E-state index contributed by atoms with van der Waals surface area (Å²) in [7, 11) is -3.11. The van der Waals surface area contributed by atoms with E-state index in [0.29, 0.717) is 19.7 Å². The number of aryl methyl sites for hydroxylation is 1. The molecule has 1 atom stereocenters. The quantitative estimate of drug-likeness (QED) is 0.809. The molecule has 0 aliphatic carbocycles. The number of aromatic nitrogens is 1. The van der Waals surface area contributed by atoms with Gasteiger partial charge in [-0.1, -0.05) is 6.07 Å². The van der Waals surface area contributed by atoms with Gasteiger partial charge >= 0.3 is 0 Å². The molecular weight excluding hydrogens is 332 g/mol. The van der Waals surface area contributed by atoms with Crippen LogP contribution >= 0.6 is 11.8 Å². The van der Waals surface area contributed by atoms with Gasteiger partial charge in [-0.15, -0.1) is 11.8 Å². The van der Waals surface area contributed by atoms with Crippen LogP contribution in [0.1, 0.15) is 31.7 Å². The van der Waals surface area contributed by atoms with E-state index in [4.69, 9.17) is 4.74 Å². The Hall–Kier alpha value is -0.630. The molecule has 0 saturated carbocycles. The fourth-order valence-electron chi connectivity index (χ4n) is 3.09. The number of sulfonamides is 1.